The number of hydrogen-bond donors (Lipinski definition) is 2. The molecule has 1 aromatic carbocycles. The van der Waals surface area contributed by atoms with E-state index in [4.69, 9.17) is 4.74 Å². The smallest absolute Gasteiger partial charge is 0.330 e. The van der Waals surface area contributed by atoms with Gasteiger partial charge in [0.2, 0.25) is 0 Å². The van der Waals surface area contributed by atoms with Crippen LogP contribution in [0.1, 0.15) is 44.6 Å². The lowest BCUT2D eigenvalue weighted by Crippen LogP contribution is -2.53. The number of hydrogen-bond acceptors (Lipinski definition) is 4. The molecular formula is C16H23NO3. The van der Waals surface area contributed by atoms with Crippen LogP contribution in [0.4, 0.5) is 0 Å². The third-order valence-corrected chi connectivity index (χ3v) is 4.23. The van der Waals surface area contributed by atoms with Gasteiger partial charge in [0.15, 0.2) is 0 Å². The van der Waals surface area contributed by atoms with Crippen LogP contribution < -0.4 is 5.32 Å². The average molecular weight is 277 g/mol. The minimum Gasteiger partial charge on any atom is -0.508 e. The predicted molar refractivity (Wildman–Crippen MR) is 77.5 cm³/mol. The Labute approximate surface area is 120 Å². The van der Waals surface area contributed by atoms with Crippen LogP contribution in [-0.2, 0) is 15.1 Å². The number of nitrogens with one attached hydrogen (secondary N) is 1. The lowest BCUT2D eigenvalue weighted by atomic mass is 9.86. The summed E-state index contributed by atoms with van der Waals surface area (Å²) in [4.78, 5) is 12.4. The Hall–Kier alpha value is -1.55. The van der Waals surface area contributed by atoms with E-state index in [9.17, 15) is 9.90 Å². The van der Waals surface area contributed by atoms with Crippen LogP contribution in [0.3, 0.4) is 0 Å². The standard InChI is InChI=1S/C16H23NO3/c1-3-16(15(19)20-2,17-13-6-4-5-7-13)12-8-10-14(18)11-9-12/h8-11,13,17-18H,3-7H2,1-2H3. The van der Waals surface area contributed by atoms with Crippen molar-refractivity contribution in [3.8, 4) is 5.75 Å². The third kappa shape index (κ3) is 2.80. The fraction of sp³-hybridized carbons (Fsp3) is 0.562. The molecule has 4 nitrogen and oxygen atoms in total. The highest BCUT2D eigenvalue weighted by molar-refractivity contribution is 5.82. The van der Waals surface area contributed by atoms with Gasteiger partial charge in [-0.15, -0.1) is 0 Å². The molecule has 2 rings (SSSR count). The molecule has 0 spiro atoms. The van der Waals surface area contributed by atoms with Gasteiger partial charge in [-0.2, -0.15) is 0 Å². The number of esters is 1. The van der Waals surface area contributed by atoms with Crippen molar-refractivity contribution in [3.63, 3.8) is 0 Å². The first-order chi connectivity index (χ1) is 9.62. The van der Waals surface area contributed by atoms with Gasteiger partial charge >= 0.3 is 5.97 Å². The molecule has 0 aromatic heterocycles. The fourth-order valence-corrected chi connectivity index (χ4v) is 3.05. The molecule has 2 N–H and O–H groups in total. The van der Waals surface area contributed by atoms with Gasteiger partial charge in [0.05, 0.1) is 7.11 Å². The summed E-state index contributed by atoms with van der Waals surface area (Å²) in [5.41, 5.74) is 0.0221. The first-order valence-electron chi connectivity index (χ1n) is 7.28. The molecule has 1 aliphatic carbocycles. The van der Waals surface area contributed by atoms with Gasteiger partial charge in [0.1, 0.15) is 11.3 Å². The molecule has 1 aliphatic rings. The normalized spacial score (nSPS) is 18.7. The number of carbonyl (C=O) groups is 1. The number of methoxy groups -OCH3 is 1. The first-order valence-corrected chi connectivity index (χ1v) is 7.28. The summed E-state index contributed by atoms with van der Waals surface area (Å²) >= 11 is 0. The third-order valence-electron chi connectivity index (χ3n) is 4.23. The molecule has 4 heteroatoms. The second-order valence-electron chi connectivity index (χ2n) is 5.42. The molecule has 1 unspecified atom stereocenters. The van der Waals surface area contributed by atoms with E-state index in [1.165, 1.54) is 20.0 Å². The van der Waals surface area contributed by atoms with Crippen molar-refractivity contribution in [1.29, 1.82) is 0 Å². The maximum atomic E-state index is 12.4. The summed E-state index contributed by atoms with van der Waals surface area (Å²) < 4.78 is 5.04. The molecule has 1 saturated carbocycles. The van der Waals surface area contributed by atoms with Gasteiger partial charge in [0.25, 0.3) is 0 Å². The van der Waals surface area contributed by atoms with Crippen molar-refractivity contribution in [2.75, 3.05) is 7.11 Å². The number of aromatic hydroxyl groups is 1. The van der Waals surface area contributed by atoms with Crippen LogP contribution in [-0.4, -0.2) is 24.2 Å². The van der Waals surface area contributed by atoms with E-state index >= 15 is 0 Å². The lowest BCUT2D eigenvalue weighted by Gasteiger charge is -2.34. The predicted octanol–water partition coefficient (Wildman–Crippen LogP) is 2.70. The molecular weight excluding hydrogens is 254 g/mol. The highest BCUT2D eigenvalue weighted by Gasteiger charge is 2.41. The fourth-order valence-electron chi connectivity index (χ4n) is 3.05. The first kappa shape index (κ1) is 14.9. The van der Waals surface area contributed by atoms with Crippen LogP contribution in [0, 0.1) is 0 Å². The Kier molecular flexibility index (Phi) is 4.65. The topological polar surface area (TPSA) is 58.6 Å². The molecule has 110 valence electrons. The monoisotopic (exact) mass is 277 g/mol. The second kappa shape index (κ2) is 6.27. The summed E-state index contributed by atoms with van der Waals surface area (Å²) in [7, 11) is 1.42. The molecule has 0 amide bonds. The van der Waals surface area contributed by atoms with Crippen molar-refractivity contribution in [2.24, 2.45) is 0 Å². The molecule has 1 fully saturated rings. The van der Waals surface area contributed by atoms with E-state index in [2.05, 4.69) is 5.32 Å². The molecule has 20 heavy (non-hydrogen) atoms. The van der Waals surface area contributed by atoms with Crippen LogP contribution in [0.5, 0.6) is 5.75 Å². The van der Waals surface area contributed by atoms with Crippen LogP contribution in [0.2, 0.25) is 0 Å². The van der Waals surface area contributed by atoms with Gasteiger partial charge in [-0.05, 0) is 37.0 Å². The van der Waals surface area contributed by atoms with Gasteiger partial charge in [-0.3, -0.25) is 5.32 Å². The maximum Gasteiger partial charge on any atom is 0.330 e. The Bertz CT molecular complexity index is 451. The van der Waals surface area contributed by atoms with Gasteiger partial charge in [-0.25, -0.2) is 4.79 Å². The largest absolute Gasteiger partial charge is 0.508 e. The van der Waals surface area contributed by atoms with E-state index in [1.54, 1.807) is 24.3 Å². The number of benzene rings is 1. The highest BCUT2D eigenvalue weighted by atomic mass is 16.5. The summed E-state index contributed by atoms with van der Waals surface area (Å²) in [5, 5.41) is 12.9. The van der Waals surface area contributed by atoms with Crippen molar-refractivity contribution in [2.45, 2.75) is 50.6 Å². The molecule has 1 atom stereocenters. The van der Waals surface area contributed by atoms with E-state index in [0.29, 0.717) is 12.5 Å². The van der Waals surface area contributed by atoms with Gasteiger partial charge in [0, 0.05) is 6.04 Å². The molecule has 0 radical (unpaired) electrons. The molecule has 0 heterocycles. The minimum absolute atomic E-state index is 0.199. The van der Waals surface area contributed by atoms with Crippen molar-refractivity contribution in [1.82, 2.24) is 5.32 Å². The molecule has 0 saturated heterocycles. The number of carbonyl (C=O) groups excluding carboxylic acids is 1. The van der Waals surface area contributed by atoms with Gasteiger partial charge in [-0.1, -0.05) is 31.9 Å². The number of phenols is 1. The van der Waals surface area contributed by atoms with Crippen LogP contribution in [0.15, 0.2) is 24.3 Å². The lowest BCUT2D eigenvalue weighted by molar-refractivity contribution is -0.149. The average Bonchev–Trinajstić information content (AvgIpc) is 2.98. The van der Waals surface area contributed by atoms with E-state index in [1.807, 2.05) is 6.92 Å². The SMILES string of the molecule is CCC(NC1CCCC1)(C(=O)OC)c1ccc(O)cc1. The zero-order chi connectivity index (χ0) is 14.6. The molecule has 1 aromatic rings. The Morgan fingerprint density at radius 1 is 1.35 bits per heavy atom. The van der Waals surface area contributed by atoms with Crippen molar-refractivity contribution >= 4 is 5.97 Å². The van der Waals surface area contributed by atoms with Crippen molar-refractivity contribution in [3.05, 3.63) is 29.8 Å². The van der Waals surface area contributed by atoms with E-state index in [-0.39, 0.29) is 11.7 Å². The summed E-state index contributed by atoms with van der Waals surface area (Å²) in [6, 6.07) is 7.15. The molecule has 0 bridgehead atoms. The minimum atomic E-state index is -0.822. The summed E-state index contributed by atoms with van der Waals surface area (Å²) in [5.74, 6) is -0.0675. The summed E-state index contributed by atoms with van der Waals surface area (Å²) in [6.07, 6.45) is 5.21. The maximum absolute atomic E-state index is 12.4. The summed E-state index contributed by atoms with van der Waals surface area (Å²) in [6.45, 7) is 1.98. The van der Waals surface area contributed by atoms with Crippen LogP contribution in [0.25, 0.3) is 0 Å². The number of phenolic OH excluding ortho intramolecular Hbond substituents is 1. The van der Waals surface area contributed by atoms with E-state index in [0.717, 1.165) is 18.4 Å². The number of rotatable bonds is 5. The Morgan fingerprint density at radius 3 is 2.45 bits per heavy atom. The zero-order valence-electron chi connectivity index (χ0n) is 12.2. The van der Waals surface area contributed by atoms with E-state index < -0.39 is 5.54 Å². The highest BCUT2D eigenvalue weighted by Crippen LogP contribution is 2.31. The Balaban J connectivity index is 2.35. The van der Waals surface area contributed by atoms with Crippen LogP contribution >= 0.6 is 0 Å². The Morgan fingerprint density at radius 2 is 1.95 bits per heavy atom. The van der Waals surface area contributed by atoms with Gasteiger partial charge < -0.3 is 9.84 Å². The quantitative estimate of drug-likeness (QED) is 0.812. The van der Waals surface area contributed by atoms with Crippen molar-refractivity contribution < 1.29 is 14.6 Å². The molecule has 0 aliphatic heterocycles. The number of ether oxygens (including phenoxy) is 1. The second-order valence-corrected chi connectivity index (χ2v) is 5.42. The zero-order valence-corrected chi connectivity index (χ0v) is 12.2.